The van der Waals surface area contributed by atoms with Crippen LogP contribution in [0.5, 0.6) is 11.5 Å². The monoisotopic (exact) mass is 236 g/mol. The van der Waals surface area contributed by atoms with Crippen molar-refractivity contribution in [2.45, 2.75) is 26.2 Å². The van der Waals surface area contributed by atoms with Crippen molar-refractivity contribution in [3.8, 4) is 11.5 Å². The third kappa shape index (κ3) is 3.90. The van der Waals surface area contributed by atoms with Crippen molar-refractivity contribution in [1.82, 2.24) is 0 Å². The van der Waals surface area contributed by atoms with Crippen LogP contribution in [0, 0.1) is 0 Å². The van der Waals surface area contributed by atoms with Crippen molar-refractivity contribution in [3.63, 3.8) is 0 Å². The van der Waals surface area contributed by atoms with Crippen molar-refractivity contribution in [3.05, 3.63) is 23.8 Å². The van der Waals surface area contributed by atoms with Crippen LogP contribution < -0.4 is 9.47 Å². The molecular formula is C13H16O4. The minimum atomic E-state index is -0.288. The van der Waals surface area contributed by atoms with Crippen LogP contribution in [-0.4, -0.2) is 19.4 Å². The standard InChI is InChI=1S/C13H16O4/c1-3-4-5-13(15)17-11-7-6-10(9-14)8-12(11)16-2/h6-9H,3-5H2,1-2H3. The number of hydrogen-bond donors (Lipinski definition) is 0. The van der Waals surface area contributed by atoms with Gasteiger partial charge in [0.15, 0.2) is 11.5 Å². The predicted octanol–water partition coefficient (Wildman–Crippen LogP) is 2.60. The van der Waals surface area contributed by atoms with Gasteiger partial charge in [-0.05, 0) is 24.6 Å². The van der Waals surface area contributed by atoms with Crippen LogP contribution in [0.3, 0.4) is 0 Å². The molecule has 0 aliphatic heterocycles. The van der Waals surface area contributed by atoms with Crippen molar-refractivity contribution in [2.24, 2.45) is 0 Å². The second-order valence-corrected chi connectivity index (χ2v) is 3.61. The molecule has 0 heterocycles. The molecule has 4 nitrogen and oxygen atoms in total. The maximum absolute atomic E-state index is 11.4. The molecule has 1 aromatic carbocycles. The predicted molar refractivity (Wildman–Crippen MR) is 63.5 cm³/mol. The average molecular weight is 236 g/mol. The first kappa shape index (κ1) is 13.2. The van der Waals surface area contributed by atoms with Crippen LogP contribution in [0.25, 0.3) is 0 Å². The van der Waals surface area contributed by atoms with Crippen LogP contribution in [0.2, 0.25) is 0 Å². The van der Waals surface area contributed by atoms with Crippen LogP contribution in [0.4, 0.5) is 0 Å². The second kappa shape index (κ2) is 6.68. The molecule has 0 aromatic heterocycles. The third-order valence-corrected chi connectivity index (χ3v) is 2.28. The van der Waals surface area contributed by atoms with E-state index in [1.54, 1.807) is 12.1 Å². The molecule has 0 saturated carbocycles. The Kier molecular flexibility index (Phi) is 5.20. The number of rotatable bonds is 6. The summed E-state index contributed by atoms with van der Waals surface area (Å²) in [7, 11) is 1.47. The molecule has 0 radical (unpaired) electrons. The van der Waals surface area contributed by atoms with E-state index >= 15 is 0 Å². The Hall–Kier alpha value is -1.84. The van der Waals surface area contributed by atoms with Crippen LogP contribution >= 0.6 is 0 Å². The van der Waals surface area contributed by atoms with Crippen molar-refractivity contribution >= 4 is 12.3 Å². The Morgan fingerprint density at radius 3 is 2.71 bits per heavy atom. The molecule has 0 amide bonds. The maximum Gasteiger partial charge on any atom is 0.311 e. The topological polar surface area (TPSA) is 52.6 Å². The van der Waals surface area contributed by atoms with Gasteiger partial charge in [-0.15, -0.1) is 0 Å². The number of methoxy groups -OCH3 is 1. The quantitative estimate of drug-likeness (QED) is 0.433. The maximum atomic E-state index is 11.4. The summed E-state index contributed by atoms with van der Waals surface area (Å²) in [5, 5.41) is 0. The van der Waals surface area contributed by atoms with E-state index in [4.69, 9.17) is 9.47 Å². The Labute approximate surface area is 101 Å². The summed E-state index contributed by atoms with van der Waals surface area (Å²) in [6.45, 7) is 2.01. The van der Waals surface area contributed by atoms with Crippen molar-refractivity contribution in [2.75, 3.05) is 7.11 Å². The van der Waals surface area contributed by atoms with Gasteiger partial charge in [-0.25, -0.2) is 0 Å². The zero-order valence-corrected chi connectivity index (χ0v) is 10.1. The summed E-state index contributed by atoms with van der Waals surface area (Å²) in [5.74, 6) is 0.447. The third-order valence-electron chi connectivity index (χ3n) is 2.28. The molecule has 0 N–H and O–H groups in total. The van der Waals surface area contributed by atoms with Gasteiger partial charge in [-0.1, -0.05) is 13.3 Å². The molecule has 0 aliphatic carbocycles. The largest absolute Gasteiger partial charge is 0.493 e. The van der Waals surface area contributed by atoms with E-state index in [2.05, 4.69) is 0 Å². The SMILES string of the molecule is CCCCC(=O)Oc1ccc(C=O)cc1OC. The van der Waals surface area contributed by atoms with E-state index in [9.17, 15) is 9.59 Å². The van der Waals surface area contributed by atoms with Gasteiger partial charge in [-0.2, -0.15) is 0 Å². The normalized spacial score (nSPS) is 9.76. The number of carbonyl (C=O) groups excluding carboxylic acids is 2. The molecular weight excluding hydrogens is 220 g/mol. The molecule has 0 unspecified atom stereocenters. The summed E-state index contributed by atoms with van der Waals surface area (Å²) in [4.78, 5) is 22.0. The van der Waals surface area contributed by atoms with Crippen molar-refractivity contribution in [1.29, 1.82) is 0 Å². The van der Waals surface area contributed by atoms with Crippen LogP contribution in [0.15, 0.2) is 18.2 Å². The number of unbranched alkanes of at least 4 members (excludes halogenated alkanes) is 1. The van der Waals surface area contributed by atoms with E-state index in [0.29, 0.717) is 29.8 Å². The van der Waals surface area contributed by atoms with E-state index in [0.717, 1.165) is 12.8 Å². The molecule has 1 rings (SSSR count). The van der Waals surface area contributed by atoms with Gasteiger partial charge in [-0.3, -0.25) is 9.59 Å². The summed E-state index contributed by atoms with van der Waals surface area (Å²) in [6.07, 6.45) is 2.84. The Bertz CT molecular complexity index is 398. The number of aldehydes is 1. The zero-order chi connectivity index (χ0) is 12.7. The van der Waals surface area contributed by atoms with Gasteiger partial charge >= 0.3 is 5.97 Å². The molecule has 0 atom stereocenters. The highest BCUT2D eigenvalue weighted by atomic mass is 16.6. The van der Waals surface area contributed by atoms with Crippen LogP contribution in [0.1, 0.15) is 36.5 Å². The smallest absolute Gasteiger partial charge is 0.311 e. The van der Waals surface area contributed by atoms with Crippen molar-refractivity contribution < 1.29 is 19.1 Å². The van der Waals surface area contributed by atoms with Crippen LogP contribution in [-0.2, 0) is 4.79 Å². The Morgan fingerprint density at radius 2 is 2.12 bits per heavy atom. The fourth-order valence-electron chi connectivity index (χ4n) is 1.34. The number of ether oxygens (including phenoxy) is 2. The Morgan fingerprint density at radius 1 is 1.35 bits per heavy atom. The first-order chi connectivity index (χ1) is 8.21. The summed E-state index contributed by atoms with van der Waals surface area (Å²) >= 11 is 0. The lowest BCUT2D eigenvalue weighted by atomic mass is 10.2. The summed E-state index contributed by atoms with van der Waals surface area (Å²) in [5.41, 5.74) is 0.482. The second-order valence-electron chi connectivity index (χ2n) is 3.61. The minimum Gasteiger partial charge on any atom is -0.493 e. The highest BCUT2D eigenvalue weighted by Crippen LogP contribution is 2.27. The number of benzene rings is 1. The summed E-state index contributed by atoms with van der Waals surface area (Å²) < 4.78 is 10.2. The molecule has 0 bridgehead atoms. The molecule has 0 fully saturated rings. The van der Waals surface area contributed by atoms with E-state index in [1.807, 2.05) is 6.92 Å². The number of esters is 1. The first-order valence-electron chi connectivity index (χ1n) is 5.55. The molecule has 0 spiro atoms. The summed E-state index contributed by atoms with van der Waals surface area (Å²) in [6, 6.07) is 4.68. The molecule has 0 saturated heterocycles. The molecule has 0 aliphatic rings. The number of carbonyl (C=O) groups is 2. The Balaban J connectivity index is 2.76. The highest BCUT2D eigenvalue weighted by Gasteiger charge is 2.10. The fraction of sp³-hybridized carbons (Fsp3) is 0.385. The number of hydrogen-bond acceptors (Lipinski definition) is 4. The fourth-order valence-corrected chi connectivity index (χ4v) is 1.34. The average Bonchev–Trinajstić information content (AvgIpc) is 2.36. The van der Waals surface area contributed by atoms with E-state index < -0.39 is 0 Å². The molecule has 1 aromatic rings. The van der Waals surface area contributed by atoms with Gasteiger partial charge in [0.05, 0.1) is 7.11 Å². The zero-order valence-electron chi connectivity index (χ0n) is 10.1. The lowest BCUT2D eigenvalue weighted by Crippen LogP contribution is -2.08. The van der Waals surface area contributed by atoms with Gasteiger partial charge < -0.3 is 9.47 Å². The van der Waals surface area contributed by atoms with E-state index in [-0.39, 0.29) is 5.97 Å². The lowest BCUT2D eigenvalue weighted by Gasteiger charge is -2.09. The van der Waals surface area contributed by atoms with E-state index in [1.165, 1.54) is 13.2 Å². The van der Waals surface area contributed by atoms with Gasteiger partial charge in [0.1, 0.15) is 6.29 Å². The first-order valence-corrected chi connectivity index (χ1v) is 5.55. The molecule has 17 heavy (non-hydrogen) atoms. The highest BCUT2D eigenvalue weighted by molar-refractivity contribution is 5.78. The molecule has 4 heteroatoms. The molecule has 92 valence electrons. The minimum absolute atomic E-state index is 0.288. The lowest BCUT2D eigenvalue weighted by molar-refractivity contribution is -0.134. The van der Waals surface area contributed by atoms with Gasteiger partial charge in [0.25, 0.3) is 0 Å². The van der Waals surface area contributed by atoms with Gasteiger partial charge in [0.2, 0.25) is 0 Å². The van der Waals surface area contributed by atoms with Gasteiger partial charge in [0, 0.05) is 12.0 Å².